The molecule has 0 aliphatic rings. The Kier molecular flexibility index (Phi) is 10.8. The number of para-hydroxylation sites is 1. The molecule has 10 heteroatoms. The molecule has 0 radical (unpaired) electrons. The Labute approximate surface area is 240 Å². The first-order valence-electron chi connectivity index (χ1n) is 12.7. The number of hydrogen-bond donors (Lipinski definition) is 1. The molecular formula is C29H33Cl2N3O4S. The van der Waals surface area contributed by atoms with E-state index in [1.807, 2.05) is 13.8 Å². The number of benzene rings is 3. The third-order valence-corrected chi connectivity index (χ3v) is 8.66. The summed E-state index contributed by atoms with van der Waals surface area (Å²) in [5.74, 6) is -0.895. The molecule has 39 heavy (non-hydrogen) atoms. The molecule has 0 saturated carbocycles. The van der Waals surface area contributed by atoms with Crippen molar-refractivity contribution in [1.29, 1.82) is 0 Å². The van der Waals surface area contributed by atoms with Crippen molar-refractivity contribution in [1.82, 2.24) is 10.2 Å². The Morgan fingerprint density at radius 3 is 2.26 bits per heavy atom. The number of hydrogen-bond acceptors (Lipinski definition) is 4. The van der Waals surface area contributed by atoms with Crippen molar-refractivity contribution < 1.29 is 18.0 Å². The van der Waals surface area contributed by atoms with Gasteiger partial charge in [-0.3, -0.25) is 13.9 Å². The molecule has 0 saturated heterocycles. The van der Waals surface area contributed by atoms with Gasteiger partial charge in [-0.15, -0.1) is 0 Å². The second kappa shape index (κ2) is 13.8. The lowest BCUT2D eigenvalue weighted by atomic mass is 10.1. The number of aryl methyl sites for hydroxylation is 1. The summed E-state index contributed by atoms with van der Waals surface area (Å²) < 4.78 is 28.6. The number of nitrogens with one attached hydrogen (secondary N) is 1. The molecule has 0 aliphatic carbocycles. The molecule has 0 spiro atoms. The van der Waals surface area contributed by atoms with E-state index in [-0.39, 0.29) is 17.3 Å². The van der Waals surface area contributed by atoms with Gasteiger partial charge in [0.2, 0.25) is 11.8 Å². The van der Waals surface area contributed by atoms with Gasteiger partial charge >= 0.3 is 0 Å². The molecule has 0 fully saturated rings. The van der Waals surface area contributed by atoms with Crippen LogP contribution in [0.2, 0.25) is 10.0 Å². The van der Waals surface area contributed by atoms with E-state index in [1.54, 1.807) is 67.6 Å². The molecule has 0 aromatic heterocycles. The smallest absolute Gasteiger partial charge is 0.264 e. The second-order valence-corrected chi connectivity index (χ2v) is 11.9. The average Bonchev–Trinajstić information content (AvgIpc) is 2.91. The first-order chi connectivity index (χ1) is 18.5. The second-order valence-electron chi connectivity index (χ2n) is 9.24. The van der Waals surface area contributed by atoms with Crippen LogP contribution in [0.3, 0.4) is 0 Å². The van der Waals surface area contributed by atoms with Gasteiger partial charge in [0, 0.05) is 23.1 Å². The van der Waals surface area contributed by atoms with Crippen LogP contribution >= 0.6 is 23.2 Å². The molecule has 3 aromatic carbocycles. The largest absolute Gasteiger partial charge is 0.354 e. The van der Waals surface area contributed by atoms with E-state index >= 15 is 0 Å². The number of anilines is 1. The zero-order chi connectivity index (χ0) is 28.6. The van der Waals surface area contributed by atoms with Gasteiger partial charge in [0.1, 0.15) is 12.6 Å². The standard InChI is InChI=1S/C29H33Cl2N3O4S/c1-4-5-17-32-29(36)22(3)33(19-23-13-14-24(30)18-27(23)31)28(35)20-34(25-9-7-6-8-10-25)39(37,38)26-15-11-21(2)12-16-26/h6-16,18,22H,4-5,17,19-20H2,1-3H3,(H,32,36). The number of rotatable bonds is 12. The van der Waals surface area contributed by atoms with Crippen molar-refractivity contribution >= 4 is 50.7 Å². The number of carbonyl (C=O) groups excluding carboxylic acids is 2. The minimum Gasteiger partial charge on any atom is -0.354 e. The fourth-order valence-corrected chi connectivity index (χ4v) is 5.80. The van der Waals surface area contributed by atoms with Crippen molar-refractivity contribution in [3.63, 3.8) is 0 Å². The third-order valence-electron chi connectivity index (χ3n) is 6.28. The summed E-state index contributed by atoms with van der Waals surface area (Å²) >= 11 is 12.5. The molecule has 0 bridgehead atoms. The van der Waals surface area contributed by atoms with Gasteiger partial charge < -0.3 is 10.2 Å². The summed E-state index contributed by atoms with van der Waals surface area (Å²) in [6, 6.07) is 18.9. The van der Waals surface area contributed by atoms with Gasteiger partial charge in [-0.1, -0.05) is 78.5 Å². The molecule has 1 N–H and O–H groups in total. The lowest BCUT2D eigenvalue weighted by molar-refractivity contribution is -0.139. The number of amides is 2. The Morgan fingerprint density at radius 1 is 0.974 bits per heavy atom. The first kappa shape index (κ1) is 30.5. The predicted molar refractivity (Wildman–Crippen MR) is 157 cm³/mol. The maximum atomic E-state index is 13.9. The minimum atomic E-state index is -4.11. The minimum absolute atomic E-state index is 0.00951. The maximum absolute atomic E-state index is 13.9. The molecular weight excluding hydrogens is 557 g/mol. The van der Waals surface area contributed by atoms with E-state index in [2.05, 4.69) is 5.32 Å². The van der Waals surface area contributed by atoms with Gasteiger partial charge in [0.25, 0.3) is 10.0 Å². The van der Waals surface area contributed by atoms with Crippen LogP contribution < -0.4 is 9.62 Å². The first-order valence-corrected chi connectivity index (χ1v) is 14.9. The van der Waals surface area contributed by atoms with Crippen molar-refractivity contribution in [2.45, 2.75) is 51.1 Å². The topological polar surface area (TPSA) is 86.8 Å². The Bertz CT molecular complexity index is 1380. The highest BCUT2D eigenvalue weighted by atomic mass is 35.5. The predicted octanol–water partition coefficient (Wildman–Crippen LogP) is 5.83. The van der Waals surface area contributed by atoms with E-state index in [4.69, 9.17) is 23.2 Å². The van der Waals surface area contributed by atoms with E-state index in [9.17, 15) is 18.0 Å². The van der Waals surface area contributed by atoms with Gasteiger partial charge in [-0.05, 0) is 62.2 Å². The molecule has 3 aromatic rings. The molecule has 1 atom stereocenters. The molecule has 2 amide bonds. The van der Waals surface area contributed by atoms with Crippen molar-refractivity contribution in [2.24, 2.45) is 0 Å². The summed E-state index contributed by atoms with van der Waals surface area (Å²) in [6.45, 7) is 5.44. The lowest BCUT2D eigenvalue weighted by Crippen LogP contribution is -2.51. The van der Waals surface area contributed by atoms with E-state index in [0.29, 0.717) is 27.8 Å². The summed E-state index contributed by atoms with van der Waals surface area (Å²) in [5.41, 5.74) is 1.82. The lowest BCUT2D eigenvalue weighted by Gasteiger charge is -2.32. The quantitative estimate of drug-likeness (QED) is 0.269. The van der Waals surface area contributed by atoms with Crippen LogP contribution in [0.4, 0.5) is 5.69 Å². The van der Waals surface area contributed by atoms with E-state index < -0.39 is 28.5 Å². The van der Waals surface area contributed by atoms with Crippen LogP contribution in [-0.4, -0.2) is 44.3 Å². The molecule has 208 valence electrons. The highest BCUT2D eigenvalue weighted by Crippen LogP contribution is 2.26. The number of carbonyl (C=O) groups is 2. The number of unbranched alkanes of at least 4 members (excludes halogenated alkanes) is 1. The average molecular weight is 591 g/mol. The summed E-state index contributed by atoms with van der Waals surface area (Å²) in [4.78, 5) is 28.3. The summed E-state index contributed by atoms with van der Waals surface area (Å²) in [6.07, 6.45) is 1.70. The highest BCUT2D eigenvalue weighted by Gasteiger charge is 2.32. The molecule has 3 rings (SSSR count). The maximum Gasteiger partial charge on any atom is 0.264 e. The Hall–Kier alpha value is -3.07. The number of sulfonamides is 1. The van der Waals surface area contributed by atoms with Crippen molar-refractivity contribution in [3.05, 3.63) is 94.0 Å². The van der Waals surface area contributed by atoms with Gasteiger partial charge in [-0.2, -0.15) is 0 Å². The third kappa shape index (κ3) is 7.97. The normalized spacial score (nSPS) is 12.0. The monoisotopic (exact) mass is 589 g/mol. The summed E-state index contributed by atoms with van der Waals surface area (Å²) in [5, 5.41) is 3.63. The van der Waals surface area contributed by atoms with Crippen molar-refractivity contribution in [2.75, 3.05) is 17.4 Å². The number of nitrogens with zero attached hydrogens (tertiary/aromatic N) is 2. The molecule has 0 aliphatic heterocycles. The van der Waals surface area contributed by atoms with Crippen LogP contribution in [-0.2, 0) is 26.2 Å². The Morgan fingerprint density at radius 2 is 1.64 bits per heavy atom. The summed E-state index contributed by atoms with van der Waals surface area (Å²) in [7, 11) is -4.11. The van der Waals surface area contributed by atoms with Gasteiger partial charge in [-0.25, -0.2) is 8.42 Å². The Balaban J connectivity index is 1.99. The van der Waals surface area contributed by atoms with Crippen LogP contribution in [0.1, 0.15) is 37.8 Å². The molecule has 0 heterocycles. The zero-order valence-corrected chi connectivity index (χ0v) is 24.6. The van der Waals surface area contributed by atoms with Crippen LogP contribution in [0, 0.1) is 6.92 Å². The molecule has 1 unspecified atom stereocenters. The van der Waals surface area contributed by atoms with Crippen LogP contribution in [0.5, 0.6) is 0 Å². The zero-order valence-electron chi connectivity index (χ0n) is 22.2. The SMILES string of the molecule is CCCCNC(=O)C(C)N(Cc1ccc(Cl)cc1Cl)C(=O)CN(c1ccccc1)S(=O)(=O)c1ccc(C)cc1. The van der Waals surface area contributed by atoms with Crippen LogP contribution in [0.25, 0.3) is 0 Å². The molecule has 7 nitrogen and oxygen atoms in total. The van der Waals surface area contributed by atoms with E-state index in [1.165, 1.54) is 17.0 Å². The van der Waals surface area contributed by atoms with Gasteiger partial charge in [0.05, 0.1) is 10.6 Å². The van der Waals surface area contributed by atoms with Gasteiger partial charge in [0.15, 0.2) is 0 Å². The fraction of sp³-hybridized carbons (Fsp3) is 0.310. The van der Waals surface area contributed by atoms with Crippen molar-refractivity contribution in [3.8, 4) is 0 Å². The fourth-order valence-electron chi connectivity index (χ4n) is 3.91. The number of halogens is 2. The highest BCUT2D eigenvalue weighted by molar-refractivity contribution is 7.92. The van der Waals surface area contributed by atoms with Crippen LogP contribution in [0.15, 0.2) is 77.7 Å². The van der Waals surface area contributed by atoms with E-state index in [0.717, 1.165) is 22.7 Å².